The first-order chi connectivity index (χ1) is 10.3. The second-order valence-corrected chi connectivity index (χ2v) is 5.96. The summed E-state index contributed by atoms with van der Waals surface area (Å²) in [6.45, 7) is 2.29. The molecule has 21 heavy (non-hydrogen) atoms. The fraction of sp³-hybridized carbons (Fsp3) is 0.278. The van der Waals surface area contributed by atoms with Crippen LogP contribution in [0.2, 0.25) is 0 Å². The van der Waals surface area contributed by atoms with Crippen LogP contribution in [0.1, 0.15) is 18.9 Å². The van der Waals surface area contributed by atoms with Gasteiger partial charge in [0.05, 0.1) is 5.92 Å². The summed E-state index contributed by atoms with van der Waals surface area (Å²) in [4.78, 5) is 11.5. The van der Waals surface area contributed by atoms with E-state index in [1.54, 1.807) is 11.3 Å². The third-order valence-corrected chi connectivity index (χ3v) is 4.62. The average molecular weight is 296 g/mol. The minimum absolute atomic E-state index is 0.133. The van der Waals surface area contributed by atoms with Crippen LogP contribution >= 0.6 is 11.3 Å². The van der Waals surface area contributed by atoms with Crippen molar-refractivity contribution in [2.45, 2.75) is 19.8 Å². The van der Waals surface area contributed by atoms with Gasteiger partial charge < -0.3 is 4.74 Å². The summed E-state index contributed by atoms with van der Waals surface area (Å²) in [5.74, 6) is 6.09. The Morgan fingerprint density at radius 1 is 1.38 bits per heavy atom. The molecular formula is C18H16O2S. The fourth-order valence-corrected chi connectivity index (χ4v) is 3.36. The van der Waals surface area contributed by atoms with Gasteiger partial charge in [0.25, 0.3) is 0 Å². The van der Waals surface area contributed by atoms with E-state index in [1.807, 2.05) is 13.0 Å². The molecule has 3 rings (SSSR count). The smallest absolute Gasteiger partial charge is 0.313 e. The maximum Gasteiger partial charge on any atom is 0.313 e. The Kier molecular flexibility index (Phi) is 4.08. The molecule has 2 aromatic rings. The normalized spacial score (nSPS) is 17.9. The third kappa shape index (κ3) is 3.01. The van der Waals surface area contributed by atoms with E-state index in [1.165, 1.54) is 15.6 Å². The summed E-state index contributed by atoms with van der Waals surface area (Å²) in [6.07, 6.45) is 3.44. The van der Waals surface area contributed by atoms with E-state index in [2.05, 4.69) is 41.5 Å². The van der Waals surface area contributed by atoms with Gasteiger partial charge in [0.15, 0.2) is 0 Å². The second kappa shape index (κ2) is 6.15. The Hall–Kier alpha value is -2.05. The molecule has 1 aliphatic heterocycles. The summed E-state index contributed by atoms with van der Waals surface area (Å²) in [5, 5.41) is 3.45. The molecular weight excluding hydrogens is 280 g/mol. The first kappa shape index (κ1) is 13.9. The molecule has 2 nitrogen and oxygen atoms in total. The van der Waals surface area contributed by atoms with Crippen LogP contribution < -0.4 is 0 Å². The van der Waals surface area contributed by atoms with E-state index >= 15 is 0 Å². The summed E-state index contributed by atoms with van der Waals surface area (Å²) < 4.78 is 6.44. The molecule has 1 atom stereocenters. The molecule has 0 spiro atoms. The number of carbonyl (C=O) groups is 1. The SMILES string of the molecule is CC[C@H]1C=C(C#CCc2csc3ccccc23)COC1=O. The number of hydrogen-bond donors (Lipinski definition) is 0. The molecule has 0 saturated carbocycles. The second-order valence-electron chi connectivity index (χ2n) is 5.05. The molecule has 2 heterocycles. The van der Waals surface area contributed by atoms with Gasteiger partial charge in [-0.05, 0) is 28.8 Å². The Balaban J connectivity index is 1.75. The number of esters is 1. The van der Waals surface area contributed by atoms with Gasteiger partial charge in [-0.1, -0.05) is 43.0 Å². The van der Waals surface area contributed by atoms with Gasteiger partial charge in [0.1, 0.15) is 6.61 Å². The highest BCUT2D eigenvalue weighted by Gasteiger charge is 2.20. The quantitative estimate of drug-likeness (QED) is 0.619. The molecule has 0 aliphatic carbocycles. The Morgan fingerprint density at radius 3 is 3.10 bits per heavy atom. The van der Waals surface area contributed by atoms with Crippen LogP contribution in [0.3, 0.4) is 0 Å². The minimum atomic E-state index is -0.134. The molecule has 0 fully saturated rings. The molecule has 1 aliphatic rings. The van der Waals surface area contributed by atoms with Crippen molar-refractivity contribution in [1.82, 2.24) is 0 Å². The number of hydrogen-bond acceptors (Lipinski definition) is 3. The number of fused-ring (bicyclic) bond motifs is 1. The molecule has 1 aromatic carbocycles. The van der Waals surface area contributed by atoms with Crippen molar-refractivity contribution >= 4 is 27.4 Å². The van der Waals surface area contributed by atoms with Crippen LogP contribution in [0.4, 0.5) is 0 Å². The molecule has 0 N–H and O–H groups in total. The highest BCUT2D eigenvalue weighted by molar-refractivity contribution is 7.17. The van der Waals surface area contributed by atoms with Crippen molar-refractivity contribution in [3.05, 3.63) is 46.9 Å². The number of cyclic esters (lactones) is 1. The van der Waals surface area contributed by atoms with Gasteiger partial charge in [0, 0.05) is 16.7 Å². The number of benzene rings is 1. The van der Waals surface area contributed by atoms with Crippen LogP contribution in [0, 0.1) is 17.8 Å². The number of carbonyl (C=O) groups excluding carboxylic acids is 1. The van der Waals surface area contributed by atoms with E-state index in [4.69, 9.17) is 4.74 Å². The van der Waals surface area contributed by atoms with Gasteiger partial charge in [-0.15, -0.1) is 11.3 Å². The predicted octanol–water partition coefficient (Wildman–Crippen LogP) is 3.96. The molecule has 1 aromatic heterocycles. The molecule has 0 radical (unpaired) electrons. The zero-order valence-corrected chi connectivity index (χ0v) is 12.7. The van der Waals surface area contributed by atoms with Crippen LogP contribution in [0.25, 0.3) is 10.1 Å². The van der Waals surface area contributed by atoms with Crippen molar-refractivity contribution in [3.8, 4) is 11.8 Å². The maximum atomic E-state index is 11.5. The Morgan fingerprint density at radius 2 is 2.24 bits per heavy atom. The lowest BCUT2D eigenvalue weighted by atomic mass is 10.0. The average Bonchev–Trinajstić information content (AvgIpc) is 2.92. The zero-order chi connectivity index (χ0) is 14.7. The fourth-order valence-electron chi connectivity index (χ4n) is 2.40. The van der Waals surface area contributed by atoms with E-state index in [0.717, 1.165) is 18.4 Å². The standard InChI is InChI=1S/C18H16O2S/c1-2-14-10-13(11-20-18(14)19)6-5-7-15-12-21-17-9-4-3-8-16(15)17/h3-4,8-10,12,14H,2,7,11H2,1H3/t14-/m0/s1. The summed E-state index contributed by atoms with van der Waals surface area (Å²) in [6, 6.07) is 8.38. The van der Waals surface area contributed by atoms with Crippen LogP contribution in [-0.2, 0) is 16.0 Å². The molecule has 0 unspecified atom stereocenters. The highest BCUT2D eigenvalue weighted by Crippen LogP contribution is 2.25. The van der Waals surface area contributed by atoms with E-state index < -0.39 is 0 Å². The minimum Gasteiger partial charge on any atom is -0.460 e. The largest absolute Gasteiger partial charge is 0.460 e. The zero-order valence-electron chi connectivity index (χ0n) is 11.9. The number of ether oxygens (including phenoxy) is 1. The molecule has 0 amide bonds. The van der Waals surface area contributed by atoms with E-state index in [9.17, 15) is 4.79 Å². The van der Waals surface area contributed by atoms with Gasteiger partial charge in [-0.25, -0.2) is 0 Å². The topological polar surface area (TPSA) is 26.3 Å². The van der Waals surface area contributed by atoms with Crippen LogP contribution in [0.5, 0.6) is 0 Å². The third-order valence-electron chi connectivity index (χ3n) is 3.60. The predicted molar refractivity (Wildman–Crippen MR) is 86.1 cm³/mol. The number of thiophene rings is 1. The highest BCUT2D eigenvalue weighted by atomic mass is 32.1. The van der Waals surface area contributed by atoms with Crippen molar-refractivity contribution in [1.29, 1.82) is 0 Å². The maximum absolute atomic E-state index is 11.5. The lowest BCUT2D eigenvalue weighted by molar-refractivity contribution is -0.146. The number of rotatable bonds is 2. The van der Waals surface area contributed by atoms with Gasteiger partial charge in [0.2, 0.25) is 0 Å². The molecule has 3 heteroatoms. The van der Waals surface area contributed by atoms with Crippen molar-refractivity contribution in [2.75, 3.05) is 6.61 Å². The molecule has 0 bridgehead atoms. The van der Waals surface area contributed by atoms with Crippen molar-refractivity contribution in [3.63, 3.8) is 0 Å². The summed E-state index contributed by atoms with van der Waals surface area (Å²) in [5.41, 5.74) is 2.18. The lowest BCUT2D eigenvalue weighted by Gasteiger charge is -2.16. The first-order valence-corrected chi connectivity index (χ1v) is 7.97. The Bertz CT molecular complexity index is 758. The Labute approximate surface area is 128 Å². The molecule has 0 saturated heterocycles. The van der Waals surface area contributed by atoms with Gasteiger partial charge in [-0.3, -0.25) is 4.79 Å². The summed E-state index contributed by atoms with van der Waals surface area (Å²) >= 11 is 1.75. The van der Waals surface area contributed by atoms with Crippen LogP contribution in [-0.4, -0.2) is 12.6 Å². The van der Waals surface area contributed by atoms with Crippen molar-refractivity contribution < 1.29 is 9.53 Å². The summed E-state index contributed by atoms with van der Waals surface area (Å²) in [7, 11) is 0. The van der Waals surface area contributed by atoms with E-state index in [-0.39, 0.29) is 11.9 Å². The van der Waals surface area contributed by atoms with Crippen molar-refractivity contribution in [2.24, 2.45) is 5.92 Å². The van der Waals surface area contributed by atoms with E-state index in [0.29, 0.717) is 6.61 Å². The molecule has 106 valence electrons. The lowest BCUT2D eigenvalue weighted by Crippen LogP contribution is -2.21. The first-order valence-electron chi connectivity index (χ1n) is 7.09. The van der Waals surface area contributed by atoms with Crippen LogP contribution in [0.15, 0.2) is 41.3 Å². The van der Waals surface area contributed by atoms with Gasteiger partial charge in [-0.2, -0.15) is 0 Å². The van der Waals surface area contributed by atoms with Gasteiger partial charge >= 0.3 is 5.97 Å². The monoisotopic (exact) mass is 296 g/mol.